The largest absolute Gasteiger partial charge is 0.468 e. The van der Waals surface area contributed by atoms with E-state index in [-0.39, 0.29) is 17.7 Å². The van der Waals surface area contributed by atoms with E-state index in [1.54, 1.807) is 6.07 Å². The molecule has 0 radical (unpaired) electrons. The number of likely N-dealkylation sites (tertiary alicyclic amines) is 1. The van der Waals surface area contributed by atoms with Crippen LogP contribution in [0.15, 0.2) is 22.7 Å². The molecule has 1 heterocycles. The van der Waals surface area contributed by atoms with Gasteiger partial charge < -0.3 is 4.74 Å². The lowest BCUT2D eigenvalue weighted by molar-refractivity contribution is -0.384. The lowest BCUT2D eigenvalue weighted by Gasteiger charge is -2.33. The second-order valence-electron chi connectivity index (χ2n) is 5.04. The van der Waals surface area contributed by atoms with Crippen molar-refractivity contribution in [3.8, 4) is 0 Å². The van der Waals surface area contributed by atoms with Gasteiger partial charge in [-0.15, -0.1) is 0 Å². The average molecular weight is 357 g/mol. The van der Waals surface area contributed by atoms with Crippen molar-refractivity contribution in [2.45, 2.75) is 31.8 Å². The molecule has 1 aromatic carbocycles. The molecule has 0 bridgehead atoms. The maximum absolute atomic E-state index is 11.8. The Morgan fingerprint density at radius 1 is 1.52 bits per heavy atom. The quantitative estimate of drug-likeness (QED) is 0.471. The molecule has 21 heavy (non-hydrogen) atoms. The van der Waals surface area contributed by atoms with Crippen molar-refractivity contribution in [2.75, 3.05) is 13.7 Å². The van der Waals surface area contributed by atoms with E-state index >= 15 is 0 Å². The Bertz CT molecular complexity index is 550. The summed E-state index contributed by atoms with van der Waals surface area (Å²) in [6.45, 7) is 1.39. The lowest BCUT2D eigenvalue weighted by Crippen LogP contribution is -2.44. The van der Waals surface area contributed by atoms with Crippen LogP contribution in [0.1, 0.15) is 24.8 Å². The van der Waals surface area contributed by atoms with Crippen molar-refractivity contribution in [3.05, 3.63) is 38.3 Å². The monoisotopic (exact) mass is 356 g/mol. The number of rotatable bonds is 4. The average Bonchev–Trinajstić information content (AvgIpc) is 2.49. The number of nitro benzene ring substituents is 1. The predicted molar refractivity (Wildman–Crippen MR) is 80.9 cm³/mol. The van der Waals surface area contributed by atoms with Crippen LogP contribution in [0.5, 0.6) is 0 Å². The van der Waals surface area contributed by atoms with Gasteiger partial charge in [-0.1, -0.05) is 22.4 Å². The molecule has 0 aromatic heterocycles. The number of piperidine rings is 1. The zero-order chi connectivity index (χ0) is 15.4. The topological polar surface area (TPSA) is 72.7 Å². The van der Waals surface area contributed by atoms with E-state index in [0.29, 0.717) is 11.0 Å². The maximum atomic E-state index is 11.8. The van der Waals surface area contributed by atoms with Gasteiger partial charge in [0.2, 0.25) is 0 Å². The van der Waals surface area contributed by atoms with E-state index in [9.17, 15) is 14.9 Å². The molecule has 1 atom stereocenters. The van der Waals surface area contributed by atoms with E-state index in [0.717, 1.165) is 31.4 Å². The minimum Gasteiger partial charge on any atom is -0.468 e. The first kappa shape index (κ1) is 15.9. The van der Waals surface area contributed by atoms with Crippen molar-refractivity contribution in [1.82, 2.24) is 4.90 Å². The van der Waals surface area contributed by atoms with Crippen LogP contribution in [0.4, 0.5) is 5.69 Å². The van der Waals surface area contributed by atoms with Crippen molar-refractivity contribution in [2.24, 2.45) is 0 Å². The maximum Gasteiger partial charge on any atom is 0.323 e. The van der Waals surface area contributed by atoms with Gasteiger partial charge in [0.15, 0.2) is 0 Å². The lowest BCUT2D eigenvalue weighted by atomic mass is 10.0. The highest BCUT2D eigenvalue weighted by molar-refractivity contribution is 9.10. The van der Waals surface area contributed by atoms with E-state index in [1.807, 2.05) is 0 Å². The molecule has 7 heteroatoms. The fourth-order valence-corrected chi connectivity index (χ4v) is 3.07. The number of methoxy groups -OCH3 is 1. The Morgan fingerprint density at radius 2 is 2.29 bits per heavy atom. The summed E-state index contributed by atoms with van der Waals surface area (Å²) in [5.74, 6) is -0.215. The van der Waals surface area contributed by atoms with Crippen LogP contribution in [0.2, 0.25) is 0 Å². The molecule has 6 nitrogen and oxygen atoms in total. The Kier molecular flexibility index (Phi) is 5.30. The summed E-state index contributed by atoms with van der Waals surface area (Å²) in [5, 5.41) is 10.7. The molecule has 0 saturated carbocycles. The number of non-ortho nitro benzene ring substituents is 1. The van der Waals surface area contributed by atoms with Crippen LogP contribution in [0.25, 0.3) is 0 Å². The highest BCUT2D eigenvalue weighted by Gasteiger charge is 2.29. The molecule has 2 rings (SSSR count). The van der Waals surface area contributed by atoms with Crippen LogP contribution >= 0.6 is 15.9 Å². The van der Waals surface area contributed by atoms with Crippen molar-refractivity contribution < 1.29 is 14.5 Å². The van der Waals surface area contributed by atoms with Gasteiger partial charge in [-0.2, -0.15) is 0 Å². The number of benzene rings is 1. The molecule has 1 aliphatic heterocycles. The zero-order valence-electron chi connectivity index (χ0n) is 11.8. The fourth-order valence-electron chi connectivity index (χ4n) is 2.58. The van der Waals surface area contributed by atoms with E-state index < -0.39 is 4.92 Å². The summed E-state index contributed by atoms with van der Waals surface area (Å²) in [6, 6.07) is 4.47. The number of halogens is 1. The van der Waals surface area contributed by atoms with Crippen molar-refractivity contribution in [3.63, 3.8) is 0 Å². The number of carbonyl (C=O) groups excluding carboxylic acids is 1. The van der Waals surface area contributed by atoms with E-state index in [1.165, 1.54) is 19.2 Å². The molecule has 1 aromatic rings. The molecule has 1 saturated heterocycles. The molecule has 0 aliphatic carbocycles. The number of nitrogens with zero attached hydrogens (tertiary/aromatic N) is 2. The number of esters is 1. The number of carbonyl (C=O) groups is 1. The normalized spacial score (nSPS) is 19.2. The molecule has 1 fully saturated rings. The van der Waals surface area contributed by atoms with Gasteiger partial charge in [0.1, 0.15) is 6.04 Å². The minimum atomic E-state index is -0.424. The second kappa shape index (κ2) is 7.00. The SMILES string of the molecule is COC(=O)C1CCCCN1Cc1ccc([N+](=O)[O-])cc1Br. The first-order valence-corrected chi connectivity index (χ1v) is 7.57. The molecule has 1 aliphatic rings. The fraction of sp³-hybridized carbons (Fsp3) is 0.500. The molecule has 0 amide bonds. The number of hydrogen-bond donors (Lipinski definition) is 0. The van der Waals surface area contributed by atoms with E-state index in [2.05, 4.69) is 20.8 Å². The predicted octanol–water partition coefficient (Wildman–Crippen LogP) is 2.88. The first-order chi connectivity index (χ1) is 10.0. The summed E-state index contributed by atoms with van der Waals surface area (Å²) in [4.78, 5) is 24.2. The standard InChI is InChI=1S/C14H17BrN2O4/c1-21-14(18)13-4-2-3-7-16(13)9-10-5-6-11(17(19)20)8-12(10)15/h5-6,8,13H,2-4,7,9H2,1H3. The third-order valence-corrected chi connectivity index (χ3v) is 4.45. The number of hydrogen-bond acceptors (Lipinski definition) is 5. The van der Waals surface area contributed by atoms with Gasteiger partial charge in [-0.3, -0.25) is 19.8 Å². The van der Waals surface area contributed by atoms with Gasteiger partial charge >= 0.3 is 5.97 Å². The second-order valence-corrected chi connectivity index (χ2v) is 5.89. The number of nitro groups is 1. The third-order valence-electron chi connectivity index (χ3n) is 3.71. The minimum absolute atomic E-state index is 0.0498. The van der Waals surface area contributed by atoms with Crippen LogP contribution in [-0.4, -0.2) is 35.5 Å². The van der Waals surface area contributed by atoms with Gasteiger partial charge in [0.25, 0.3) is 5.69 Å². The summed E-state index contributed by atoms with van der Waals surface area (Å²) in [7, 11) is 1.40. The summed E-state index contributed by atoms with van der Waals surface area (Å²) in [6.07, 6.45) is 2.84. The van der Waals surface area contributed by atoms with Gasteiger partial charge in [0.05, 0.1) is 12.0 Å². The number of ether oxygens (including phenoxy) is 1. The van der Waals surface area contributed by atoms with Gasteiger partial charge in [0, 0.05) is 23.2 Å². The van der Waals surface area contributed by atoms with Crippen molar-refractivity contribution in [1.29, 1.82) is 0 Å². The molecule has 0 N–H and O–H groups in total. The van der Waals surface area contributed by atoms with Crippen LogP contribution in [-0.2, 0) is 16.1 Å². The zero-order valence-corrected chi connectivity index (χ0v) is 13.3. The van der Waals surface area contributed by atoms with Gasteiger partial charge in [-0.05, 0) is 31.0 Å². The molecule has 1 unspecified atom stereocenters. The van der Waals surface area contributed by atoms with Crippen LogP contribution in [0, 0.1) is 10.1 Å². The Morgan fingerprint density at radius 3 is 2.90 bits per heavy atom. The van der Waals surface area contributed by atoms with Crippen LogP contribution in [0.3, 0.4) is 0 Å². The molecular formula is C14H17BrN2O4. The smallest absolute Gasteiger partial charge is 0.323 e. The summed E-state index contributed by atoms with van der Waals surface area (Å²) >= 11 is 3.37. The molecule has 0 spiro atoms. The Balaban J connectivity index is 2.15. The highest BCUT2D eigenvalue weighted by Crippen LogP contribution is 2.27. The van der Waals surface area contributed by atoms with Crippen LogP contribution < -0.4 is 0 Å². The molecule has 114 valence electrons. The van der Waals surface area contributed by atoms with E-state index in [4.69, 9.17) is 4.74 Å². The summed E-state index contributed by atoms with van der Waals surface area (Å²) < 4.78 is 5.54. The summed E-state index contributed by atoms with van der Waals surface area (Å²) in [5.41, 5.74) is 0.977. The highest BCUT2D eigenvalue weighted by atomic mass is 79.9. The molecular weight excluding hydrogens is 340 g/mol. The van der Waals surface area contributed by atoms with Crippen molar-refractivity contribution >= 4 is 27.6 Å². The third kappa shape index (κ3) is 3.79. The first-order valence-electron chi connectivity index (χ1n) is 6.77. The Labute approximate surface area is 131 Å². The Hall–Kier alpha value is -1.47. The van der Waals surface area contributed by atoms with Gasteiger partial charge in [-0.25, -0.2) is 0 Å².